The van der Waals surface area contributed by atoms with E-state index < -0.39 is 0 Å². The van der Waals surface area contributed by atoms with E-state index >= 15 is 0 Å². The van der Waals surface area contributed by atoms with E-state index in [4.69, 9.17) is 4.74 Å². The molecule has 0 aliphatic heterocycles. The molecular formula is C17H21NO2. The summed E-state index contributed by atoms with van der Waals surface area (Å²) in [6, 6.07) is 15.9. The van der Waals surface area contributed by atoms with Gasteiger partial charge >= 0.3 is 0 Å². The number of hydrogen-bond acceptors (Lipinski definition) is 3. The first-order chi connectivity index (χ1) is 9.61. The molecule has 0 radical (unpaired) electrons. The summed E-state index contributed by atoms with van der Waals surface area (Å²) in [7, 11) is 1.59. The van der Waals surface area contributed by atoms with E-state index in [1.807, 2.05) is 37.3 Å². The van der Waals surface area contributed by atoms with Gasteiger partial charge in [-0.25, -0.2) is 0 Å². The minimum absolute atomic E-state index is 0.0520. The Morgan fingerprint density at radius 2 is 1.70 bits per heavy atom. The van der Waals surface area contributed by atoms with Crippen LogP contribution in [0.4, 0.5) is 0 Å². The van der Waals surface area contributed by atoms with Crippen LogP contribution in [0.3, 0.4) is 0 Å². The number of phenols is 1. The van der Waals surface area contributed by atoms with Crippen LogP contribution in [0.25, 0.3) is 0 Å². The van der Waals surface area contributed by atoms with Crippen LogP contribution >= 0.6 is 0 Å². The molecule has 0 saturated heterocycles. The van der Waals surface area contributed by atoms with E-state index in [9.17, 15) is 5.11 Å². The van der Waals surface area contributed by atoms with Gasteiger partial charge in [-0.1, -0.05) is 36.4 Å². The quantitative estimate of drug-likeness (QED) is 0.868. The number of rotatable bonds is 5. The highest BCUT2D eigenvalue weighted by molar-refractivity contribution is 5.41. The van der Waals surface area contributed by atoms with Crippen LogP contribution in [0.2, 0.25) is 0 Å². The van der Waals surface area contributed by atoms with Crippen LogP contribution in [-0.2, 0) is 0 Å². The molecule has 0 bridgehead atoms. The Balaban J connectivity index is 2.10. The third-order valence-corrected chi connectivity index (χ3v) is 3.50. The Labute approximate surface area is 120 Å². The topological polar surface area (TPSA) is 41.5 Å². The number of phenolic OH excluding ortho intramolecular Hbond substituents is 1. The van der Waals surface area contributed by atoms with E-state index in [0.29, 0.717) is 5.75 Å². The molecule has 0 aliphatic carbocycles. The molecule has 1 unspecified atom stereocenters. The van der Waals surface area contributed by atoms with E-state index in [2.05, 4.69) is 24.4 Å². The van der Waals surface area contributed by atoms with E-state index in [1.54, 1.807) is 13.2 Å². The molecule has 3 nitrogen and oxygen atoms in total. The molecule has 2 aromatic carbocycles. The molecule has 0 saturated carbocycles. The highest BCUT2D eigenvalue weighted by Gasteiger charge is 2.14. The second-order valence-electron chi connectivity index (χ2n) is 4.95. The smallest absolute Gasteiger partial charge is 0.124 e. The second kappa shape index (κ2) is 6.44. The van der Waals surface area contributed by atoms with Gasteiger partial charge in [0.1, 0.15) is 11.5 Å². The van der Waals surface area contributed by atoms with Crippen molar-refractivity contribution in [3.05, 3.63) is 59.7 Å². The van der Waals surface area contributed by atoms with Gasteiger partial charge in [-0.3, -0.25) is 0 Å². The van der Waals surface area contributed by atoms with Gasteiger partial charge in [-0.05, 0) is 25.5 Å². The maximum absolute atomic E-state index is 10.1. The van der Waals surface area contributed by atoms with Crippen molar-refractivity contribution >= 4 is 0 Å². The third-order valence-electron chi connectivity index (χ3n) is 3.50. The Morgan fingerprint density at radius 3 is 2.30 bits per heavy atom. The van der Waals surface area contributed by atoms with Crippen LogP contribution in [0.15, 0.2) is 48.5 Å². The standard InChI is InChI=1S/C17H21NO2/c1-12(14-7-5-4-6-8-14)18-13(2)16-10-9-15(20-3)11-17(16)19/h4-13,18-19H,1-3H3/t12-,13?/m1/s1. The minimum Gasteiger partial charge on any atom is -0.507 e. The molecule has 0 fully saturated rings. The van der Waals surface area contributed by atoms with E-state index in [-0.39, 0.29) is 17.8 Å². The van der Waals surface area contributed by atoms with Gasteiger partial charge in [0.25, 0.3) is 0 Å². The number of nitrogens with one attached hydrogen (secondary N) is 1. The summed E-state index contributed by atoms with van der Waals surface area (Å²) in [5.41, 5.74) is 2.10. The van der Waals surface area contributed by atoms with Crippen LogP contribution < -0.4 is 10.1 Å². The van der Waals surface area contributed by atoms with Crippen LogP contribution in [-0.4, -0.2) is 12.2 Å². The Bertz CT molecular complexity index is 554. The maximum atomic E-state index is 10.1. The summed E-state index contributed by atoms with van der Waals surface area (Å²) in [5, 5.41) is 13.5. The molecule has 2 N–H and O–H groups in total. The molecular weight excluding hydrogens is 250 g/mol. The largest absolute Gasteiger partial charge is 0.507 e. The average molecular weight is 271 g/mol. The molecule has 106 valence electrons. The van der Waals surface area contributed by atoms with Crippen molar-refractivity contribution in [1.29, 1.82) is 0 Å². The molecule has 0 aliphatic rings. The Morgan fingerprint density at radius 1 is 1.00 bits per heavy atom. The normalized spacial score (nSPS) is 13.8. The summed E-state index contributed by atoms with van der Waals surface area (Å²) in [6.07, 6.45) is 0. The zero-order valence-corrected chi connectivity index (χ0v) is 12.1. The summed E-state index contributed by atoms with van der Waals surface area (Å²) < 4.78 is 5.10. The van der Waals surface area contributed by atoms with E-state index in [0.717, 1.165) is 5.56 Å². The average Bonchev–Trinajstić information content (AvgIpc) is 2.47. The summed E-state index contributed by atoms with van der Waals surface area (Å²) >= 11 is 0. The first-order valence-electron chi connectivity index (χ1n) is 6.79. The molecule has 2 atom stereocenters. The monoisotopic (exact) mass is 271 g/mol. The van der Waals surface area contributed by atoms with Gasteiger partial charge in [0.15, 0.2) is 0 Å². The molecule has 0 heterocycles. The number of methoxy groups -OCH3 is 1. The van der Waals surface area contributed by atoms with Gasteiger partial charge in [0.2, 0.25) is 0 Å². The lowest BCUT2D eigenvalue weighted by Crippen LogP contribution is -2.22. The highest BCUT2D eigenvalue weighted by atomic mass is 16.5. The molecule has 0 amide bonds. The molecule has 0 spiro atoms. The van der Waals surface area contributed by atoms with Crippen molar-refractivity contribution in [1.82, 2.24) is 5.32 Å². The number of aromatic hydroxyl groups is 1. The summed E-state index contributed by atoms with van der Waals surface area (Å²) in [5.74, 6) is 0.916. The van der Waals surface area contributed by atoms with Gasteiger partial charge < -0.3 is 15.2 Å². The van der Waals surface area contributed by atoms with Gasteiger partial charge in [0, 0.05) is 23.7 Å². The van der Waals surface area contributed by atoms with Crippen LogP contribution in [0.1, 0.15) is 37.1 Å². The molecule has 2 aromatic rings. The van der Waals surface area contributed by atoms with Crippen molar-refractivity contribution in [3.63, 3.8) is 0 Å². The highest BCUT2D eigenvalue weighted by Crippen LogP contribution is 2.29. The lowest BCUT2D eigenvalue weighted by atomic mass is 10.0. The zero-order valence-electron chi connectivity index (χ0n) is 12.1. The van der Waals surface area contributed by atoms with Gasteiger partial charge in [0.05, 0.1) is 7.11 Å². The Kier molecular flexibility index (Phi) is 4.64. The van der Waals surface area contributed by atoms with Crippen molar-refractivity contribution < 1.29 is 9.84 Å². The van der Waals surface area contributed by atoms with Crippen molar-refractivity contribution in [2.24, 2.45) is 0 Å². The van der Waals surface area contributed by atoms with Crippen molar-refractivity contribution in [2.75, 3.05) is 7.11 Å². The lowest BCUT2D eigenvalue weighted by Gasteiger charge is -2.21. The molecule has 0 aromatic heterocycles. The fourth-order valence-corrected chi connectivity index (χ4v) is 2.32. The third kappa shape index (κ3) is 3.31. The maximum Gasteiger partial charge on any atom is 0.124 e. The Hall–Kier alpha value is -2.00. The summed E-state index contributed by atoms with van der Waals surface area (Å²) in [4.78, 5) is 0. The fraction of sp³-hybridized carbons (Fsp3) is 0.294. The van der Waals surface area contributed by atoms with Gasteiger partial charge in [-0.15, -0.1) is 0 Å². The van der Waals surface area contributed by atoms with Crippen LogP contribution in [0, 0.1) is 0 Å². The van der Waals surface area contributed by atoms with E-state index in [1.165, 1.54) is 5.56 Å². The lowest BCUT2D eigenvalue weighted by molar-refractivity contribution is 0.402. The fourth-order valence-electron chi connectivity index (χ4n) is 2.32. The van der Waals surface area contributed by atoms with Gasteiger partial charge in [-0.2, -0.15) is 0 Å². The van der Waals surface area contributed by atoms with Crippen molar-refractivity contribution in [2.45, 2.75) is 25.9 Å². The second-order valence-corrected chi connectivity index (χ2v) is 4.95. The van der Waals surface area contributed by atoms with Crippen LogP contribution in [0.5, 0.6) is 11.5 Å². The first kappa shape index (κ1) is 14.4. The molecule has 2 rings (SSSR count). The predicted molar refractivity (Wildman–Crippen MR) is 81.1 cm³/mol. The predicted octanol–water partition coefficient (Wildman–Crippen LogP) is 3.81. The number of benzene rings is 2. The summed E-state index contributed by atoms with van der Waals surface area (Å²) in [6.45, 7) is 4.16. The minimum atomic E-state index is 0.0520. The number of hydrogen-bond donors (Lipinski definition) is 2. The first-order valence-corrected chi connectivity index (χ1v) is 6.79. The number of ether oxygens (including phenoxy) is 1. The molecule has 3 heteroatoms. The zero-order chi connectivity index (χ0) is 14.5. The molecule has 20 heavy (non-hydrogen) atoms. The van der Waals surface area contributed by atoms with Crippen molar-refractivity contribution in [3.8, 4) is 11.5 Å². The SMILES string of the molecule is COc1ccc(C(C)N[C@H](C)c2ccccc2)c(O)c1.